The Balaban J connectivity index is 1.68. The fourth-order valence-electron chi connectivity index (χ4n) is 4.66. The summed E-state index contributed by atoms with van der Waals surface area (Å²) >= 11 is 0. The highest BCUT2D eigenvalue weighted by Gasteiger charge is 2.41. The van der Waals surface area contributed by atoms with E-state index in [2.05, 4.69) is 30.1 Å². The standard InChI is InChI=1S/C28H26F3N7O4/c1-4-37-15-32-27(36-37)35-23(39)18-14-21-22(33-24(18)41-3)34-25(38(21)5-2)28(40,19-8-6-7-9-20(19)29)16-10-12-17(13-11-16)42-26(30)31/h6-15,26,40H,4-5H2,1-3H3,(H,35,36,39). The van der Waals surface area contributed by atoms with Crippen LogP contribution in [0.2, 0.25) is 0 Å². The van der Waals surface area contributed by atoms with Gasteiger partial charge in [0.2, 0.25) is 11.8 Å². The highest BCUT2D eigenvalue weighted by molar-refractivity contribution is 6.06. The van der Waals surface area contributed by atoms with Crippen molar-refractivity contribution in [2.24, 2.45) is 0 Å². The van der Waals surface area contributed by atoms with E-state index >= 15 is 4.39 Å². The Hall–Kier alpha value is -4.98. The number of nitrogens with one attached hydrogen (secondary N) is 1. The topological polar surface area (TPSA) is 129 Å². The number of fused-ring (bicyclic) bond motifs is 1. The number of alkyl halides is 2. The lowest BCUT2D eigenvalue weighted by molar-refractivity contribution is -0.0498. The number of halogens is 3. The van der Waals surface area contributed by atoms with Gasteiger partial charge in [-0.05, 0) is 43.7 Å². The highest BCUT2D eigenvalue weighted by Crippen LogP contribution is 2.40. The van der Waals surface area contributed by atoms with Gasteiger partial charge in [-0.3, -0.25) is 14.8 Å². The van der Waals surface area contributed by atoms with Gasteiger partial charge in [-0.1, -0.05) is 30.3 Å². The summed E-state index contributed by atoms with van der Waals surface area (Å²) in [6.07, 6.45) is 1.47. The number of carbonyl (C=O) groups is 1. The Kier molecular flexibility index (Phi) is 7.81. The molecule has 11 nitrogen and oxygen atoms in total. The average Bonchev–Trinajstić information content (AvgIpc) is 3.60. The van der Waals surface area contributed by atoms with E-state index in [9.17, 15) is 18.7 Å². The van der Waals surface area contributed by atoms with Crippen molar-refractivity contribution in [1.82, 2.24) is 29.3 Å². The second-order valence-corrected chi connectivity index (χ2v) is 9.04. The predicted molar refractivity (Wildman–Crippen MR) is 145 cm³/mol. The summed E-state index contributed by atoms with van der Waals surface area (Å²) in [5, 5.41) is 19.1. The van der Waals surface area contributed by atoms with Crippen molar-refractivity contribution in [3.05, 3.63) is 89.3 Å². The van der Waals surface area contributed by atoms with E-state index in [0.29, 0.717) is 12.1 Å². The van der Waals surface area contributed by atoms with Crippen LogP contribution in [0.1, 0.15) is 41.2 Å². The van der Waals surface area contributed by atoms with Crippen LogP contribution in [0, 0.1) is 5.82 Å². The molecule has 0 saturated heterocycles. The van der Waals surface area contributed by atoms with E-state index in [0.717, 1.165) is 0 Å². The Morgan fingerprint density at radius 1 is 1.10 bits per heavy atom. The molecule has 0 spiro atoms. The van der Waals surface area contributed by atoms with Gasteiger partial charge in [0.05, 0.1) is 12.6 Å². The van der Waals surface area contributed by atoms with E-state index in [4.69, 9.17) is 4.74 Å². The third kappa shape index (κ3) is 5.11. The zero-order valence-corrected chi connectivity index (χ0v) is 22.8. The molecule has 42 heavy (non-hydrogen) atoms. The van der Waals surface area contributed by atoms with Crippen molar-refractivity contribution < 1.29 is 32.5 Å². The van der Waals surface area contributed by atoms with Crippen LogP contribution >= 0.6 is 0 Å². The molecule has 1 atom stereocenters. The number of pyridine rings is 1. The smallest absolute Gasteiger partial charge is 0.387 e. The lowest BCUT2D eigenvalue weighted by Crippen LogP contribution is -2.33. The lowest BCUT2D eigenvalue weighted by Gasteiger charge is -2.30. The monoisotopic (exact) mass is 581 g/mol. The normalized spacial score (nSPS) is 12.9. The average molecular weight is 582 g/mol. The van der Waals surface area contributed by atoms with Gasteiger partial charge >= 0.3 is 6.61 Å². The van der Waals surface area contributed by atoms with Gasteiger partial charge in [0, 0.05) is 18.7 Å². The minimum Gasteiger partial charge on any atom is -0.480 e. The molecule has 0 saturated carbocycles. The Morgan fingerprint density at radius 2 is 1.83 bits per heavy atom. The molecule has 1 unspecified atom stereocenters. The van der Waals surface area contributed by atoms with E-state index in [1.807, 2.05) is 6.92 Å². The van der Waals surface area contributed by atoms with Gasteiger partial charge in [0.1, 0.15) is 23.5 Å². The third-order valence-electron chi connectivity index (χ3n) is 6.63. The first kappa shape index (κ1) is 28.5. The maximum Gasteiger partial charge on any atom is 0.387 e. The molecular formula is C28H26F3N7O4. The molecule has 5 aromatic rings. The number of methoxy groups -OCH3 is 1. The van der Waals surface area contributed by atoms with Crippen LogP contribution in [0.4, 0.5) is 19.1 Å². The number of aryl methyl sites for hydroxylation is 2. The van der Waals surface area contributed by atoms with Crippen molar-refractivity contribution in [2.45, 2.75) is 39.1 Å². The maximum absolute atomic E-state index is 15.3. The number of carbonyl (C=O) groups excluding carboxylic acids is 1. The summed E-state index contributed by atoms with van der Waals surface area (Å²) in [6.45, 7) is 1.39. The number of ether oxygens (including phenoxy) is 2. The van der Waals surface area contributed by atoms with Crippen LogP contribution in [-0.4, -0.2) is 54.0 Å². The van der Waals surface area contributed by atoms with Crippen molar-refractivity contribution >= 4 is 23.0 Å². The zero-order chi connectivity index (χ0) is 30.0. The van der Waals surface area contributed by atoms with Crippen LogP contribution in [-0.2, 0) is 18.7 Å². The fraction of sp³-hybridized carbons (Fsp3) is 0.250. The molecule has 0 radical (unpaired) electrons. The minimum atomic E-state index is -3.05. The van der Waals surface area contributed by atoms with Gasteiger partial charge in [-0.15, -0.1) is 5.10 Å². The maximum atomic E-state index is 15.3. The zero-order valence-electron chi connectivity index (χ0n) is 22.8. The van der Waals surface area contributed by atoms with Crippen LogP contribution in [0.5, 0.6) is 11.6 Å². The largest absolute Gasteiger partial charge is 0.480 e. The number of anilines is 1. The molecule has 0 fully saturated rings. The molecule has 0 aliphatic rings. The molecule has 1 amide bonds. The van der Waals surface area contributed by atoms with Gasteiger partial charge in [0.15, 0.2) is 17.1 Å². The Morgan fingerprint density at radius 3 is 2.45 bits per heavy atom. The van der Waals surface area contributed by atoms with E-state index < -0.39 is 23.9 Å². The summed E-state index contributed by atoms with van der Waals surface area (Å²) < 4.78 is 53.8. The fourth-order valence-corrected chi connectivity index (χ4v) is 4.66. The SMILES string of the molecule is CCn1cnc(NC(=O)c2cc3c(nc2OC)nc(C(O)(c2ccc(OC(F)F)cc2)c2ccccc2F)n3CC)n1. The molecular weight excluding hydrogens is 555 g/mol. The van der Waals surface area contributed by atoms with Crippen LogP contribution in [0.25, 0.3) is 11.2 Å². The summed E-state index contributed by atoms with van der Waals surface area (Å²) in [5.74, 6) is -1.46. The van der Waals surface area contributed by atoms with Crippen LogP contribution < -0.4 is 14.8 Å². The quantitative estimate of drug-likeness (QED) is 0.249. The highest BCUT2D eigenvalue weighted by atomic mass is 19.3. The van der Waals surface area contributed by atoms with E-state index in [1.54, 1.807) is 22.2 Å². The van der Waals surface area contributed by atoms with Gasteiger partial charge in [-0.2, -0.15) is 13.8 Å². The molecule has 0 bridgehead atoms. The molecule has 218 valence electrons. The van der Waals surface area contributed by atoms with Gasteiger partial charge in [-0.25, -0.2) is 14.4 Å². The summed E-state index contributed by atoms with van der Waals surface area (Å²) in [7, 11) is 1.34. The third-order valence-corrected chi connectivity index (χ3v) is 6.63. The number of hydrogen-bond donors (Lipinski definition) is 2. The number of amides is 1. The summed E-state index contributed by atoms with van der Waals surface area (Å²) in [6, 6.07) is 12.3. The number of aliphatic hydroxyl groups is 1. The number of benzene rings is 2. The minimum absolute atomic E-state index is 0.0249. The molecule has 2 aromatic carbocycles. The number of aromatic nitrogens is 6. The molecule has 14 heteroatoms. The van der Waals surface area contributed by atoms with Crippen LogP contribution in [0.15, 0.2) is 60.9 Å². The number of imidazole rings is 1. The van der Waals surface area contributed by atoms with E-state index in [-0.39, 0.29) is 52.3 Å². The van der Waals surface area contributed by atoms with Crippen molar-refractivity contribution in [2.75, 3.05) is 12.4 Å². The summed E-state index contributed by atoms with van der Waals surface area (Å²) in [5.41, 5.74) is -1.72. The molecule has 5 rings (SSSR count). The van der Waals surface area contributed by atoms with Crippen molar-refractivity contribution in [3.8, 4) is 11.6 Å². The lowest BCUT2D eigenvalue weighted by atomic mass is 9.85. The number of nitrogens with zero attached hydrogens (tertiary/aromatic N) is 6. The predicted octanol–water partition coefficient (Wildman–Crippen LogP) is 4.35. The second kappa shape index (κ2) is 11.5. The molecule has 3 heterocycles. The molecule has 3 aromatic heterocycles. The summed E-state index contributed by atoms with van der Waals surface area (Å²) in [4.78, 5) is 26.3. The van der Waals surface area contributed by atoms with Crippen LogP contribution in [0.3, 0.4) is 0 Å². The van der Waals surface area contributed by atoms with Crippen molar-refractivity contribution in [3.63, 3.8) is 0 Å². The first-order valence-corrected chi connectivity index (χ1v) is 12.9. The molecule has 2 N–H and O–H groups in total. The number of hydrogen-bond acceptors (Lipinski definition) is 8. The van der Waals surface area contributed by atoms with Gasteiger partial charge < -0.3 is 19.1 Å². The Bertz CT molecular complexity index is 1740. The van der Waals surface area contributed by atoms with E-state index in [1.165, 1.54) is 62.0 Å². The Labute approximate surface area is 237 Å². The first-order chi connectivity index (χ1) is 20.2. The first-order valence-electron chi connectivity index (χ1n) is 12.9. The number of rotatable bonds is 10. The second-order valence-electron chi connectivity index (χ2n) is 9.04. The molecule has 0 aliphatic carbocycles. The van der Waals surface area contributed by atoms with Crippen molar-refractivity contribution in [1.29, 1.82) is 0 Å². The van der Waals surface area contributed by atoms with Gasteiger partial charge in [0.25, 0.3) is 5.91 Å². The molecule has 0 aliphatic heterocycles.